The van der Waals surface area contributed by atoms with Crippen molar-refractivity contribution in [2.75, 3.05) is 0 Å². The molecular formula is C15H20N2O. The molecular weight excluding hydrogens is 224 g/mol. The fourth-order valence-electron chi connectivity index (χ4n) is 1.49. The van der Waals surface area contributed by atoms with Crippen LogP contribution in [-0.2, 0) is 11.3 Å². The first kappa shape index (κ1) is 14.2. The Balaban J connectivity index is 2.53. The monoisotopic (exact) mass is 244 g/mol. The van der Waals surface area contributed by atoms with Gasteiger partial charge in [0.2, 0.25) is 0 Å². The highest BCUT2D eigenvalue weighted by Crippen LogP contribution is 2.01. The molecule has 1 aromatic rings. The van der Waals surface area contributed by atoms with Crippen molar-refractivity contribution in [2.45, 2.75) is 27.3 Å². The Morgan fingerprint density at radius 3 is 2.50 bits per heavy atom. The molecule has 0 unspecified atom stereocenters. The summed E-state index contributed by atoms with van der Waals surface area (Å²) in [6.45, 7) is 6.17. The molecule has 96 valence electrons. The largest absolute Gasteiger partial charge is 0.384 e. The van der Waals surface area contributed by atoms with Crippen LogP contribution in [0.15, 0.2) is 42.1 Å². The molecule has 1 rings (SSSR count). The number of nitrogens with one attached hydrogen (secondary N) is 2. The van der Waals surface area contributed by atoms with E-state index in [-0.39, 0.29) is 17.4 Å². The van der Waals surface area contributed by atoms with Crippen molar-refractivity contribution < 1.29 is 4.79 Å². The van der Waals surface area contributed by atoms with Crippen molar-refractivity contribution in [3.05, 3.63) is 47.7 Å². The van der Waals surface area contributed by atoms with Crippen LogP contribution in [0.5, 0.6) is 0 Å². The highest BCUT2D eigenvalue weighted by atomic mass is 16.1. The van der Waals surface area contributed by atoms with E-state index in [1.165, 1.54) is 5.56 Å². The van der Waals surface area contributed by atoms with E-state index in [0.717, 1.165) is 5.70 Å². The summed E-state index contributed by atoms with van der Waals surface area (Å²) in [5, 5.41) is 10.9. The van der Waals surface area contributed by atoms with E-state index in [2.05, 4.69) is 5.32 Å². The van der Waals surface area contributed by atoms with E-state index < -0.39 is 0 Å². The predicted octanol–water partition coefficient (Wildman–Crippen LogP) is 2.92. The van der Waals surface area contributed by atoms with Crippen LogP contribution < -0.4 is 5.32 Å². The molecule has 0 amide bonds. The van der Waals surface area contributed by atoms with Crippen LogP contribution in [0.3, 0.4) is 0 Å². The molecule has 0 saturated heterocycles. The molecule has 0 fully saturated rings. The average Bonchev–Trinajstić information content (AvgIpc) is 2.36. The third-order valence-corrected chi connectivity index (χ3v) is 2.56. The minimum absolute atomic E-state index is 0.0584. The molecule has 0 heterocycles. The van der Waals surface area contributed by atoms with Gasteiger partial charge in [-0.25, -0.2) is 0 Å². The lowest BCUT2D eigenvalue weighted by atomic mass is 10.0. The SMILES string of the molecule is C/C(=C/C(=N)C(=O)C(C)C)NCc1ccccc1. The average molecular weight is 244 g/mol. The molecule has 18 heavy (non-hydrogen) atoms. The Labute approximate surface area is 108 Å². The van der Waals surface area contributed by atoms with Gasteiger partial charge in [0.05, 0.1) is 5.71 Å². The molecule has 0 atom stereocenters. The van der Waals surface area contributed by atoms with Gasteiger partial charge in [-0.1, -0.05) is 44.2 Å². The zero-order valence-electron chi connectivity index (χ0n) is 11.2. The van der Waals surface area contributed by atoms with Gasteiger partial charge in [-0.05, 0) is 18.6 Å². The molecule has 0 bridgehead atoms. The maximum atomic E-state index is 11.6. The molecule has 0 aliphatic heterocycles. The van der Waals surface area contributed by atoms with E-state index in [4.69, 9.17) is 5.41 Å². The summed E-state index contributed by atoms with van der Waals surface area (Å²) in [4.78, 5) is 11.6. The zero-order valence-corrected chi connectivity index (χ0v) is 11.2. The molecule has 0 radical (unpaired) electrons. The van der Waals surface area contributed by atoms with Gasteiger partial charge in [-0.3, -0.25) is 10.2 Å². The van der Waals surface area contributed by atoms with E-state index in [0.29, 0.717) is 6.54 Å². The molecule has 0 saturated carbocycles. The molecule has 0 aromatic heterocycles. The Morgan fingerprint density at radius 1 is 1.33 bits per heavy atom. The van der Waals surface area contributed by atoms with Crippen molar-refractivity contribution in [2.24, 2.45) is 5.92 Å². The van der Waals surface area contributed by atoms with Crippen molar-refractivity contribution in [3.8, 4) is 0 Å². The van der Waals surface area contributed by atoms with E-state index in [9.17, 15) is 4.79 Å². The van der Waals surface area contributed by atoms with Gasteiger partial charge in [-0.2, -0.15) is 0 Å². The summed E-state index contributed by atoms with van der Waals surface area (Å²) < 4.78 is 0. The van der Waals surface area contributed by atoms with Gasteiger partial charge in [0, 0.05) is 18.2 Å². The topological polar surface area (TPSA) is 53.0 Å². The summed E-state index contributed by atoms with van der Waals surface area (Å²) in [5.41, 5.74) is 2.06. The molecule has 2 N–H and O–H groups in total. The number of hydrogen-bond donors (Lipinski definition) is 2. The number of hydrogen-bond acceptors (Lipinski definition) is 3. The summed E-state index contributed by atoms with van der Waals surface area (Å²) in [7, 11) is 0. The number of Topliss-reactive ketones (excluding diaryl/α,β-unsaturated/α-hetero) is 1. The van der Waals surface area contributed by atoms with Crippen LogP contribution in [0.1, 0.15) is 26.3 Å². The fraction of sp³-hybridized carbons (Fsp3) is 0.333. The summed E-state index contributed by atoms with van der Waals surface area (Å²) >= 11 is 0. The number of carbonyl (C=O) groups excluding carboxylic acids is 1. The Kier molecular flexibility index (Phi) is 5.31. The Hall–Kier alpha value is -1.90. The molecule has 0 aliphatic rings. The highest BCUT2D eigenvalue weighted by molar-refractivity contribution is 6.43. The molecule has 3 heteroatoms. The maximum Gasteiger partial charge on any atom is 0.183 e. The Morgan fingerprint density at radius 2 is 1.94 bits per heavy atom. The van der Waals surface area contributed by atoms with Crippen LogP contribution in [0.25, 0.3) is 0 Å². The first-order chi connectivity index (χ1) is 8.50. The molecule has 0 aliphatic carbocycles. The predicted molar refractivity (Wildman–Crippen MR) is 74.6 cm³/mol. The minimum atomic E-state index is -0.129. The Bertz CT molecular complexity index is 447. The van der Waals surface area contributed by atoms with Crippen LogP contribution in [0.2, 0.25) is 0 Å². The smallest absolute Gasteiger partial charge is 0.183 e. The number of rotatable bonds is 6. The van der Waals surface area contributed by atoms with E-state index >= 15 is 0 Å². The second kappa shape index (κ2) is 6.74. The third-order valence-electron chi connectivity index (χ3n) is 2.56. The van der Waals surface area contributed by atoms with Crippen molar-refractivity contribution >= 4 is 11.5 Å². The lowest BCUT2D eigenvalue weighted by Gasteiger charge is -2.08. The van der Waals surface area contributed by atoms with Gasteiger partial charge in [0.1, 0.15) is 0 Å². The van der Waals surface area contributed by atoms with E-state index in [1.54, 1.807) is 19.9 Å². The highest BCUT2D eigenvalue weighted by Gasteiger charge is 2.11. The summed E-state index contributed by atoms with van der Waals surface area (Å²) in [6.07, 6.45) is 1.59. The zero-order chi connectivity index (χ0) is 13.5. The first-order valence-electron chi connectivity index (χ1n) is 6.09. The van der Waals surface area contributed by atoms with Crippen molar-refractivity contribution in [1.29, 1.82) is 5.41 Å². The third kappa shape index (κ3) is 4.53. The fourth-order valence-corrected chi connectivity index (χ4v) is 1.49. The maximum absolute atomic E-state index is 11.6. The van der Waals surface area contributed by atoms with Crippen molar-refractivity contribution in [1.82, 2.24) is 5.32 Å². The van der Waals surface area contributed by atoms with Gasteiger partial charge in [-0.15, -0.1) is 0 Å². The van der Waals surface area contributed by atoms with Gasteiger partial charge >= 0.3 is 0 Å². The second-order valence-corrected chi connectivity index (χ2v) is 4.60. The summed E-state index contributed by atoms with van der Waals surface area (Å²) in [6, 6.07) is 10.0. The van der Waals surface area contributed by atoms with E-state index in [1.807, 2.05) is 37.3 Å². The second-order valence-electron chi connectivity index (χ2n) is 4.60. The van der Waals surface area contributed by atoms with Gasteiger partial charge in [0.15, 0.2) is 5.78 Å². The molecule has 0 spiro atoms. The molecule has 1 aromatic carbocycles. The van der Waals surface area contributed by atoms with Crippen LogP contribution in [0.4, 0.5) is 0 Å². The number of ketones is 1. The standard InChI is InChI=1S/C15H20N2O/c1-11(2)15(18)14(16)9-12(3)17-10-13-7-5-4-6-8-13/h4-9,11,16-17H,10H2,1-3H3/b12-9-,16-14?. The number of benzene rings is 1. The number of carbonyl (C=O) groups is 1. The van der Waals surface area contributed by atoms with Crippen LogP contribution >= 0.6 is 0 Å². The molecule has 3 nitrogen and oxygen atoms in total. The normalized spacial score (nSPS) is 11.4. The van der Waals surface area contributed by atoms with Crippen LogP contribution in [-0.4, -0.2) is 11.5 Å². The summed E-state index contributed by atoms with van der Waals surface area (Å²) in [5.74, 6) is -0.258. The lowest BCUT2D eigenvalue weighted by molar-refractivity contribution is -0.115. The number of allylic oxidation sites excluding steroid dienone is 2. The lowest BCUT2D eigenvalue weighted by Crippen LogP contribution is -2.19. The van der Waals surface area contributed by atoms with Crippen molar-refractivity contribution in [3.63, 3.8) is 0 Å². The van der Waals surface area contributed by atoms with Crippen LogP contribution in [0, 0.1) is 11.3 Å². The quantitative estimate of drug-likeness (QED) is 0.756. The first-order valence-corrected chi connectivity index (χ1v) is 6.09. The minimum Gasteiger partial charge on any atom is -0.384 e. The van der Waals surface area contributed by atoms with Gasteiger partial charge < -0.3 is 5.32 Å². The van der Waals surface area contributed by atoms with Gasteiger partial charge in [0.25, 0.3) is 0 Å².